The maximum Gasteiger partial charge on any atom is 0.243 e. The van der Waals surface area contributed by atoms with Gasteiger partial charge in [0, 0.05) is 12.0 Å². The fourth-order valence-electron chi connectivity index (χ4n) is 2.11. The van der Waals surface area contributed by atoms with Gasteiger partial charge in [-0.05, 0) is 26.0 Å². The first kappa shape index (κ1) is 13.5. The quantitative estimate of drug-likeness (QED) is 0.652. The lowest BCUT2D eigenvalue weighted by molar-refractivity contribution is -0.116. The second kappa shape index (κ2) is 5.34. The van der Waals surface area contributed by atoms with E-state index in [1.807, 2.05) is 12.1 Å². The molecule has 1 aliphatic heterocycles. The minimum absolute atomic E-state index is 0.182. The van der Waals surface area contributed by atoms with Crippen LogP contribution in [-0.4, -0.2) is 24.7 Å². The van der Waals surface area contributed by atoms with Crippen molar-refractivity contribution in [2.75, 3.05) is 13.2 Å². The SMILES string of the molecule is C=CC(=O)NCCOc1cccc2c1OC(C)(C)C2. The monoisotopic (exact) mass is 261 g/mol. The maximum atomic E-state index is 11.0. The third-order valence-corrected chi connectivity index (χ3v) is 2.90. The first-order valence-electron chi connectivity index (χ1n) is 6.36. The van der Waals surface area contributed by atoms with E-state index in [1.54, 1.807) is 0 Å². The van der Waals surface area contributed by atoms with Crippen LogP contribution in [0.1, 0.15) is 19.4 Å². The van der Waals surface area contributed by atoms with E-state index in [4.69, 9.17) is 9.47 Å². The molecule has 0 unspecified atom stereocenters. The van der Waals surface area contributed by atoms with Crippen LogP contribution in [0.2, 0.25) is 0 Å². The van der Waals surface area contributed by atoms with Crippen molar-refractivity contribution in [2.45, 2.75) is 25.9 Å². The molecule has 4 heteroatoms. The van der Waals surface area contributed by atoms with Gasteiger partial charge < -0.3 is 14.8 Å². The third kappa shape index (κ3) is 3.28. The lowest BCUT2D eigenvalue weighted by Gasteiger charge is -2.18. The van der Waals surface area contributed by atoms with Crippen LogP contribution in [0.5, 0.6) is 11.5 Å². The summed E-state index contributed by atoms with van der Waals surface area (Å²) in [6.45, 7) is 8.35. The summed E-state index contributed by atoms with van der Waals surface area (Å²) in [4.78, 5) is 11.0. The van der Waals surface area contributed by atoms with Crippen LogP contribution in [0.4, 0.5) is 0 Å². The van der Waals surface area contributed by atoms with Crippen LogP contribution in [-0.2, 0) is 11.2 Å². The van der Waals surface area contributed by atoms with Gasteiger partial charge in [0.2, 0.25) is 5.91 Å². The van der Waals surface area contributed by atoms with E-state index in [1.165, 1.54) is 6.08 Å². The van der Waals surface area contributed by atoms with Crippen molar-refractivity contribution in [1.82, 2.24) is 5.32 Å². The molecular weight excluding hydrogens is 242 g/mol. The van der Waals surface area contributed by atoms with Crippen molar-refractivity contribution in [3.8, 4) is 11.5 Å². The second-order valence-corrected chi connectivity index (χ2v) is 5.13. The molecule has 0 radical (unpaired) electrons. The molecular formula is C15H19NO3. The Kier molecular flexibility index (Phi) is 3.79. The van der Waals surface area contributed by atoms with Gasteiger partial charge in [-0.2, -0.15) is 0 Å². The molecule has 1 heterocycles. The van der Waals surface area contributed by atoms with Gasteiger partial charge in [0.15, 0.2) is 11.5 Å². The number of para-hydroxylation sites is 1. The number of fused-ring (bicyclic) bond motifs is 1. The fraction of sp³-hybridized carbons (Fsp3) is 0.400. The Hall–Kier alpha value is -1.97. The minimum Gasteiger partial charge on any atom is -0.488 e. The number of nitrogens with one attached hydrogen (secondary N) is 1. The molecule has 0 aromatic heterocycles. The Morgan fingerprint density at radius 2 is 2.37 bits per heavy atom. The highest BCUT2D eigenvalue weighted by molar-refractivity contribution is 5.86. The van der Waals surface area contributed by atoms with E-state index < -0.39 is 0 Å². The zero-order valence-electron chi connectivity index (χ0n) is 11.4. The van der Waals surface area contributed by atoms with Crippen molar-refractivity contribution in [3.05, 3.63) is 36.4 Å². The fourth-order valence-corrected chi connectivity index (χ4v) is 2.11. The highest BCUT2D eigenvalue weighted by atomic mass is 16.5. The minimum atomic E-state index is -0.195. The first-order chi connectivity index (χ1) is 9.02. The summed E-state index contributed by atoms with van der Waals surface area (Å²) >= 11 is 0. The Balaban J connectivity index is 1.94. The average molecular weight is 261 g/mol. The Bertz CT molecular complexity index is 494. The zero-order valence-corrected chi connectivity index (χ0v) is 11.4. The lowest BCUT2D eigenvalue weighted by Crippen LogP contribution is -2.26. The molecule has 1 N–H and O–H groups in total. The summed E-state index contributed by atoms with van der Waals surface area (Å²) in [6.07, 6.45) is 2.12. The highest BCUT2D eigenvalue weighted by Crippen LogP contribution is 2.41. The standard InChI is InChI=1S/C15H19NO3/c1-4-13(17)16-8-9-18-12-7-5-6-11-10-15(2,3)19-14(11)12/h4-7H,1,8-10H2,2-3H3,(H,16,17). The van der Waals surface area contributed by atoms with E-state index in [-0.39, 0.29) is 11.5 Å². The number of carbonyl (C=O) groups is 1. The predicted octanol–water partition coefficient (Wildman–Crippen LogP) is 2.08. The van der Waals surface area contributed by atoms with Gasteiger partial charge >= 0.3 is 0 Å². The van der Waals surface area contributed by atoms with E-state index in [0.717, 1.165) is 23.5 Å². The molecule has 0 saturated carbocycles. The summed E-state index contributed by atoms with van der Waals surface area (Å²) < 4.78 is 11.6. The number of hydrogen-bond acceptors (Lipinski definition) is 3. The topological polar surface area (TPSA) is 47.6 Å². The third-order valence-electron chi connectivity index (χ3n) is 2.90. The van der Waals surface area contributed by atoms with Gasteiger partial charge in [0.25, 0.3) is 0 Å². The van der Waals surface area contributed by atoms with Gasteiger partial charge in [-0.3, -0.25) is 4.79 Å². The molecule has 0 aliphatic carbocycles. The molecule has 2 rings (SSSR count). The number of carbonyl (C=O) groups excluding carboxylic acids is 1. The molecule has 0 spiro atoms. The summed E-state index contributed by atoms with van der Waals surface area (Å²) in [5, 5.41) is 2.66. The predicted molar refractivity (Wildman–Crippen MR) is 73.6 cm³/mol. The summed E-state index contributed by atoms with van der Waals surface area (Å²) in [7, 11) is 0. The van der Waals surface area contributed by atoms with Crippen LogP contribution >= 0.6 is 0 Å². The van der Waals surface area contributed by atoms with Crippen LogP contribution in [0.25, 0.3) is 0 Å². The summed E-state index contributed by atoms with van der Waals surface area (Å²) in [5.41, 5.74) is 0.983. The molecule has 0 saturated heterocycles. The van der Waals surface area contributed by atoms with Crippen molar-refractivity contribution < 1.29 is 14.3 Å². The largest absolute Gasteiger partial charge is 0.488 e. The van der Waals surface area contributed by atoms with Crippen molar-refractivity contribution in [3.63, 3.8) is 0 Å². The number of benzene rings is 1. The van der Waals surface area contributed by atoms with Gasteiger partial charge in [0.1, 0.15) is 12.2 Å². The Morgan fingerprint density at radius 1 is 1.58 bits per heavy atom. The van der Waals surface area contributed by atoms with Crippen LogP contribution < -0.4 is 14.8 Å². The van der Waals surface area contributed by atoms with Gasteiger partial charge in [0.05, 0.1) is 6.54 Å². The zero-order chi connectivity index (χ0) is 13.9. The van der Waals surface area contributed by atoms with Crippen LogP contribution in [0.15, 0.2) is 30.9 Å². The molecule has 0 atom stereocenters. The molecule has 4 nitrogen and oxygen atoms in total. The average Bonchev–Trinajstić information content (AvgIpc) is 2.68. The normalized spacial score (nSPS) is 15.3. The molecule has 1 amide bonds. The molecule has 1 aromatic carbocycles. The highest BCUT2D eigenvalue weighted by Gasteiger charge is 2.32. The van der Waals surface area contributed by atoms with E-state index in [2.05, 4.69) is 31.8 Å². The maximum absolute atomic E-state index is 11.0. The molecule has 0 bridgehead atoms. The number of rotatable bonds is 5. The molecule has 0 fully saturated rings. The van der Waals surface area contributed by atoms with Crippen molar-refractivity contribution >= 4 is 5.91 Å². The first-order valence-corrected chi connectivity index (χ1v) is 6.36. The number of ether oxygens (including phenoxy) is 2. The van der Waals surface area contributed by atoms with E-state index in [0.29, 0.717) is 13.2 Å². The van der Waals surface area contributed by atoms with Crippen LogP contribution in [0.3, 0.4) is 0 Å². The summed E-state index contributed by atoms with van der Waals surface area (Å²) in [6, 6.07) is 5.90. The smallest absolute Gasteiger partial charge is 0.243 e. The lowest BCUT2D eigenvalue weighted by atomic mass is 10.0. The number of hydrogen-bond donors (Lipinski definition) is 1. The van der Waals surface area contributed by atoms with Crippen LogP contribution in [0, 0.1) is 0 Å². The Morgan fingerprint density at radius 3 is 3.11 bits per heavy atom. The Labute approximate surface area is 113 Å². The second-order valence-electron chi connectivity index (χ2n) is 5.13. The van der Waals surface area contributed by atoms with Gasteiger partial charge in [-0.15, -0.1) is 0 Å². The molecule has 19 heavy (non-hydrogen) atoms. The van der Waals surface area contributed by atoms with Gasteiger partial charge in [-0.1, -0.05) is 18.7 Å². The van der Waals surface area contributed by atoms with E-state index in [9.17, 15) is 4.79 Å². The van der Waals surface area contributed by atoms with E-state index >= 15 is 0 Å². The van der Waals surface area contributed by atoms with Crippen molar-refractivity contribution in [1.29, 1.82) is 0 Å². The number of amides is 1. The van der Waals surface area contributed by atoms with Crippen molar-refractivity contribution in [2.24, 2.45) is 0 Å². The van der Waals surface area contributed by atoms with Gasteiger partial charge in [-0.25, -0.2) is 0 Å². The molecule has 1 aliphatic rings. The molecule has 1 aromatic rings. The summed E-state index contributed by atoms with van der Waals surface area (Å²) in [5.74, 6) is 1.36. The molecule has 102 valence electrons.